The van der Waals surface area contributed by atoms with Crippen molar-refractivity contribution in [2.75, 3.05) is 13.2 Å². The lowest BCUT2D eigenvalue weighted by Crippen LogP contribution is -2.30. The first-order valence-electron chi connectivity index (χ1n) is 6.43. The van der Waals surface area contributed by atoms with Gasteiger partial charge in [-0.1, -0.05) is 13.8 Å². The first-order valence-corrected chi connectivity index (χ1v) is 6.43. The van der Waals surface area contributed by atoms with Gasteiger partial charge in [-0.15, -0.1) is 0 Å². The highest BCUT2D eigenvalue weighted by Gasteiger charge is 2.31. The van der Waals surface area contributed by atoms with Crippen molar-refractivity contribution in [2.24, 2.45) is 13.0 Å². The minimum absolute atomic E-state index is 0.218. The maximum Gasteiger partial charge on any atom is 0.0899 e. The van der Waals surface area contributed by atoms with Crippen LogP contribution in [0, 0.1) is 12.8 Å². The van der Waals surface area contributed by atoms with Gasteiger partial charge in [0.15, 0.2) is 0 Å². The van der Waals surface area contributed by atoms with E-state index in [0.29, 0.717) is 12.0 Å². The van der Waals surface area contributed by atoms with Crippen molar-refractivity contribution < 1.29 is 4.74 Å². The molecule has 2 atom stereocenters. The lowest BCUT2D eigenvalue weighted by molar-refractivity contribution is 0.0895. The topological polar surface area (TPSA) is 39.1 Å². The van der Waals surface area contributed by atoms with Crippen molar-refractivity contribution in [1.82, 2.24) is 15.1 Å². The number of aromatic nitrogens is 2. The summed E-state index contributed by atoms with van der Waals surface area (Å²) in [6, 6.07) is 0.534. The molecule has 0 bridgehead atoms. The van der Waals surface area contributed by atoms with Crippen molar-refractivity contribution in [1.29, 1.82) is 0 Å². The quantitative estimate of drug-likeness (QED) is 0.868. The van der Waals surface area contributed by atoms with Crippen LogP contribution in [0.4, 0.5) is 0 Å². The Kier molecular flexibility index (Phi) is 3.84. The average molecular weight is 237 g/mol. The molecule has 96 valence electrons. The zero-order valence-electron chi connectivity index (χ0n) is 11.2. The summed E-state index contributed by atoms with van der Waals surface area (Å²) in [5, 5.41) is 7.91. The van der Waals surface area contributed by atoms with Crippen LogP contribution in [0.15, 0.2) is 6.20 Å². The molecule has 2 unspecified atom stereocenters. The lowest BCUT2D eigenvalue weighted by atomic mass is 9.95. The van der Waals surface area contributed by atoms with E-state index in [2.05, 4.69) is 37.4 Å². The summed E-state index contributed by atoms with van der Waals surface area (Å²) >= 11 is 0. The Labute approximate surface area is 103 Å². The number of hydrogen-bond acceptors (Lipinski definition) is 3. The SMILES string of the molecule is Cc1nn(C)cc1C1OCCC1CNC(C)C. The highest BCUT2D eigenvalue weighted by atomic mass is 16.5. The van der Waals surface area contributed by atoms with Crippen LogP contribution in [-0.2, 0) is 11.8 Å². The molecule has 1 aliphatic heterocycles. The maximum atomic E-state index is 5.88. The minimum atomic E-state index is 0.218. The molecule has 0 radical (unpaired) electrons. The van der Waals surface area contributed by atoms with E-state index in [1.165, 1.54) is 5.56 Å². The molecule has 0 amide bonds. The first kappa shape index (κ1) is 12.6. The van der Waals surface area contributed by atoms with Crippen LogP contribution in [0.1, 0.15) is 37.6 Å². The van der Waals surface area contributed by atoms with Crippen LogP contribution in [0.25, 0.3) is 0 Å². The molecule has 1 N–H and O–H groups in total. The number of aryl methyl sites for hydroxylation is 2. The average Bonchev–Trinajstić information content (AvgIpc) is 2.81. The Balaban J connectivity index is 2.06. The standard InChI is InChI=1S/C13H23N3O/c1-9(2)14-7-11-5-6-17-13(11)12-8-16(4)15-10(12)3/h8-9,11,13-14H,5-7H2,1-4H3. The molecule has 2 heterocycles. The molecule has 1 aliphatic rings. The molecule has 0 spiro atoms. The first-order chi connectivity index (χ1) is 8.08. The predicted octanol–water partition coefficient (Wildman–Crippen LogP) is 1.80. The molecule has 1 fully saturated rings. The van der Waals surface area contributed by atoms with E-state index >= 15 is 0 Å². The van der Waals surface area contributed by atoms with Gasteiger partial charge in [0.25, 0.3) is 0 Å². The normalized spacial score (nSPS) is 24.8. The summed E-state index contributed by atoms with van der Waals surface area (Å²) in [4.78, 5) is 0. The fourth-order valence-corrected chi connectivity index (χ4v) is 2.47. The van der Waals surface area contributed by atoms with Gasteiger partial charge in [0, 0.05) is 43.9 Å². The van der Waals surface area contributed by atoms with E-state index < -0.39 is 0 Å². The fraction of sp³-hybridized carbons (Fsp3) is 0.769. The van der Waals surface area contributed by atoms with Gasteiger partial charge in [-0.3, -0.25) is 4.68 Å². The van der Waals surface area contributed by atoms with E-state index in [4.69, 9.17) is 4.74 Å². The van der Waals surface area contributed by atoms with E-state index in [-0.39, 0.29) is 6.10 Å². The molecule has 1 aromatic heterocycles. The van der Waals surface area contributed by atoms with Crippen LogP contribution in [0.5, 0.6) is 0 Å². The monoisotopic (exact) mass is 237 g/mol. The number of nitrogens with one attached hydrogen (secondary N) is 1. The van der Waals surface area contributed by atoms with Crippen LogP contribution >= 0.6 is 0 Å². The highest BCUT2D eigenvalue weighted by Crippen LogP contribution is 2.35. The van der Waals surface area contributed by atoms with E-state index in [9.17, 15) is 0 Å². The summed E-state index contributed by atoms with van der Waals surface area (Å²) in [5.74, 6) is 0.570. The molecule has 0 aliphatic carbocycles. The van der Waals surface area contributed by atoms with E-state index in [1.54, 1.807) is 0 Å². The largest absolute Gasteiger partial charge is 0.373 e. The van der Waals surface area contributed by atoms with Crippen molar-refractivity contribution in [3.8, 4) is 0 Å². The number of ether oxygens (including phenoxy) is 1. The third kappa shape index (κ3) is 2.87. The molecule has 4 heteroatoms. The molecule has 17 heavy (non-hydrogen) atoms. The Bertz CT molecular complexity index is 373. The van der Waals surface area contributed by atoms with Crippen LogP contribution in [-0.4, -0.2) is 29.0 Å². The smallest absolute Gasteiger partial charge is 0.0899 e. The van der Waals surface area contributed by atoms with Crippen LogP contribution in [0.2, 0.25) is 0 Å². The second-order valence-electron chi connectivity index (χ2n) is 5.25. The maximum absolute atomic E-state index is 5.88. The van der Waals surface area contributed by atoms with Crippen LogP contribution < -0.4 is 5.32 Å². The van der Waals surface area contributed by atoms with E-state index in [0.717, 1.165) is 25.3 Å². The molecule has 1 aromatic rings. The van der Waals surface area contributed by atoms with Gasteiger partial charge in [0.05, 0.1) is 11.8 Å². The second kappa shape index (κ2) is 5.19. The van der Waals surface area contributed by atoms with Gasteiger partial charge < -0.3 is 10.1 Å². The highest BCUT2D eigenvalue weighted by molar-refractivity contribution is 5.20. The molecular weight excluding hydrogens is 214 g/mol. The molecule has 0 saturated carbocycles. The zero-order chi connectivity index (χ0) is 12.4. The summed E-state index contributed by atoms with van der Waals surface area (Å²) in [5.41, 5.74) is 2.34. The molecule has 2 rings (SSSR count). The van der Waals surface area contributed by atoms with Crippen molar-refractivity contribution >= 4 is 0 Å². The van der Waals surface area contributed by atoms with E-state index in [1.807, 2.05) is 11.7 Å². The Morgan fingerprint density at radius 3 is 2.94 bits per heavy atom. The minimum Gasteiger partial charge on any atom is -0.373 e. The van der Waals surface area contributed by atoms with Gasteiger partial charge >= 0.3 is 0 Å². The third-order valence-corrected chi connectivity index (χ3v) is 3.36. The number of hydrogen-bond donors (Lipinski definition) is 1. The van der Waals surface area contributed by atoms with Gasteiger partial charge in [0.1, 0.15) is 0 Å². The van der Waals surface area contributed by atoms with Gasteiger partial charge in [-0.2, -0.15) is 5.10 Å². The lowest BCUT2D eigenvalue weighted by Gasteiger charge is -2.19. The Morgan fingerprint density at radius 1 is 1.59 bits per heavy atom. The summed E-state index contributed by atoms with van der Waals surface area (Å²) in [6.07, 6.45) is 3.45. The third-order valence-electron chi connectivity index (χ3n) is 3.36. The predicted molar refractivity (Wildman–Crippen MR) is 67.9 cm³/mol. The fourth-order valence-electron chi connectivity index (χ4n) is 2.47. The van der Waals surface area contributed by atoms with Crippen LogP contribution in [0.3, 0.4) is 0 Å². The molecule has 1 saturated heterocycles. The number of rotatable bonds is 4. The van der Waals surface area contributed by atoms with Crippen molar-refractivity contribution in [3.05, 3.63) is 17.5 Å². The van der Waals surface area contributed by atoms with Gasteiger partial charge in [-0.05, 0) is 13.3 Å². The Morgan fingerprint density at radius 2 is 2.35 bits per heavy atom. The van der Waals surface area contributed by atoms with Crippen molar-refractivity contribution in [3.63, 3.8) is 0 Å². The Hall–Kier alpha value is -0.870. The van der Waals surface area contributed by atoms with Crippen molar-refractivity contribution in [2.45, 2.75) is 39.3 Å². The molecular formula is C13H23N3O. The number of nitrogens with zero attached hydrogens (tertiary/aromatic N) is 2. The summed E-state index contributed by atoms with van der Waals surface area (Å²) < 4.78 is 7.76. The van der Waals surface area contributed by atoms with Gasteiger partial charge in [-0.25, -0.2) is 0 Å². The van der Waals surface area contributed by atoms with Gasteiger partial charge in [0.2, 0.25) is 0 Å². The zero-order valence-corrected chi connectivity index (χ0v) is 11.2. The molecule has 0 aromatic carbocycles. The molecule has 4 nitrogen and oxygen atoms in total. The summed E-state index contributed by atoms with van der Waals surface area (Å²) in [7, 11) is 1.97. The summed E-state index contributed by atoms with van der Waals surface area (Å²) in [6.45, 7) is 8.31. The second-order valence-corrected chi connectivity index (χ2v) is 5.25.